The van der Waals surface area contributed by atoms with E-state index in [1.54, 1.807) is 51.3 Å². The molecule has 2 aromatic rings. The fourth-order valence-electron chi connectivity index (χ4n) is 2.76. The van der Waals surface area contributed by atoms with E-state index in [1.165, 1.54) is 6.07 Å². The number of aromatic carboxylic acids is 1. The van der Waals surface area contributed by atoms with Gasteiger partial charge in [0, 0.05) is 24.1 Å². The fourth-order valence-corrected chi connectivity index (χ4v) is 2.76. The second-order valence-corrected chi connectivity index (χ2v) is 6.34. The van der Waals surface area contributed by atoms with Gasteiger partial charge in [0.15, 0.2) is 5.78 Å². The van der Waals surface area contributed by atoms with Crippen molar-refractivity contribution < 1.29 is 24.2 Å². The SMILES string of the molecule is COc1ccc(C(=O)CCCC(=O)Nc2cc(C(=O)O)c(C)cc2C)cc1. The monoisotopic (exact) mass is 369 g/mol. The van der Waals surface area contributed by atoms with Crippen LogP contribution in [0.3, 0.4) is 0 Å². The Morgan fingerprint density at radius 2 is 1.67 bits per heavy atom. The molecule has 0 aliphatic carbocycles. The molecule has 6 nitrogen and oxygen atoms in total. The number of anilines is 1. The van der Waals surface area contributed by atoms with Crippen LogP contribution in [0.1, 0.15) is 51.1 Å². The average Bonchev–Trinajstić information content (AvgIpc) is 2.63. The highest BCUT2D eigenvalue weighted by Crippen LogP contribution is 2.21. The van der Waals surface area contributed by atoms with Crippen LogP contribution in [-0.2, 0) is 4.79 Å². The van der Waals surface area contributed by atoms with Crippen molar-refractivity contribution in [3.05, 3.63) is 58.7 Å². The summed E-state index contributed by atoms with van der Waals surface area (Å²) in [6, 6.07) is 10.0. The van der Waals surface area contributed by atoms with Gasteiger partial charge in [-0.15, -0.1) is 0 Å². The molecule has 0 saturated heterocycles. The average molecular weight is 369 g/mol. The topological polar surface area (TPSA) is 92.7 Å². The maximum Gasteiger partial charge on any atom is 0.336 e. The van der Waals surface area contributed by atoms with Crippen LogP contribution in [0.2, 0.25) is 0 Å². The Morgan fingerprint density at radius 1 is 1.00 bits per heavy atom. The van der Waals surface area contributed by atoms with Crippen molar-refractivity contribution in [2.45, 2.75) is 33.1 Å². The Morgan fingerprint density at radius 3 is 2.26 bits per heavy atom. The third-order valence-electron chi connectivity index (χ3n) is 4.30. The van der Waals surface area contributed by atoms with Crippen LogP contribution in [0.4, 0.5) is 5.69 Å². The van der Waals surface area contributed by atoms with Crippen molar-refractivity contribution in [3.8, 4) is 5.75 Å². The number of Topliss-reactive ketones (excluding diaryl/α,β-unsaturated/α-hetero) is 1. The van der Waals surface area contributed by atoms with Gasteiger partial charge in [0.1, 0.15) is 5.75 Å². The lowest BCUT2D eigenvalue weighted by Gasteiger charge is -2.11. The molecule has 0 unspecified atom stereocenters. The van der Waals surface area contributed by atoms with E-state index in [9.17, 15) is 19.5 Å². The first-order valence-corrected chi connectivity index (χ1v) is 8.63. The number of nitrogens with one attached hydrogen (secondary N) is 1. The summed E-state index contributed by atoms with van der Waals surface area (Å²) in [6.45, 7) is 3.52. The van der Waals surface area contributed by atoms with Crippen LogP contribution >= 0.6 is 0 Å². The van der Waals surface area contributed by atoms with Crippen LogP contribution in [0.5, 0.6) is 5.75 Å². The summed E-state index contributed by atoms with van der Waals surface area (Å²) in [5.74, 6) is -0.640. The molecule has 2 aromatic carbocycles. The van der Waals surface area contributed by atoms with Crippen LogP contribution in [0.15, 0.2) is 36.4 Å². The minimum Gasteiger partial charge on any atom is -0.497 e. The molecule has 142 valence electrons. The number of benzene rings is 2. The maximum absolute atomic E-state index is 12.2. The number of methoxy groups -OCH3 is 1. The van der Waals surface area contributed by atoms with Gasteiger partial charge in [-0.1, -0.05) is 6.07 Å². The van der Waals surface area contributed by atoms with Gasteiger partial charge in [0.2, 0.25) is 5.91 Å². The summed E-state index contributed by atoms with van der Waals surface area (Å²) < 4.78 is 5.06. The second kappa shape index (κ2) is 8.98. The largest absolute Gasteiger partial charge is 0.497 e. The number of ketones is 1. The van der Waals surface area contributed by atoms with E-state index in [4.69, 9.17) is 4.74 Å². The number of rotatable bonds is 8. The summed E-state index contributed by atoms with van der Waals surface area (Å²) >= 11 is 0. The summed E-state index contributed by atoms with van der Waals surface area (Å²) in [7, 11) is 1.56. The van der Waals surface area contributed by atoms with E-state index < -0.39 is 5.97 Å². The van der Waals surface area contributed by atoms with Gasteiger partial charge >= 0.3 is 5.97 Å². The van der Waals surface area contributed by atoms with E-state index in [2.05, 4.69) is 5.32 Å². The maximum atomic E-state index is 12.2. The van der Waals surface area contributed by atoms with Gasteiger partial charge in [-0.2, -0.15) is 0 Å². The third-order valence-corrected chi connectivity index (χ3v) is 4.30. The Hall–Kier alpha value is -3.15. The number of carboxylic acids is 1. The molecule has 0 aliphatic rings. The van der Waals surface area contributed by atoms with Crippen molar-refractivity contribution in [1.82, 2.24) is 0 Å². The molecule has 0 saturated carbocycles. The lowest BCUT2D eigenvalue weighted by atomic mass is 10.0. The van der Waals surface area contributed by atoms with Crippen LogP contribution in [0, 0.1) is 13.8 Å². The third kappa shape index (κ3) is 5.41. The Kier molecular flexibility index (Phi) is 6.71. The molecular formula is C21H23NO5. The van der Waals surface area contributed by atoms with Crippen molar-refractivity contribution in [2.24, 2.45) is 0 Å². The molecule has 0 radical (unpaired) electrons. The van der Waals surface area contributed by atoms with Gasteiger partial charge in [0.05, 0.1) is 12.7 Å². The number of carbonyl (C=O) groups is 3. The number of ether oxygens (including phenoxy) is 1. The predicted octanol–water partition coefficient (Wildman–Crippen LogP) is 4.00. The molecule has 0 bridgehead atoms. The highest BCUT2D eigenvalue weighted by atomic mass is 16.5. The summed E-state index contributed by atoms with van der Waals surface area (Å²) in [5, 5.41) is 11.9. The lowest BCUT2D eigenvalue weighted by Crippen LogP contribution is -2.14. The van der Waals surface area contributed by atoms with Crippen molar-refractivity contribution in [3.63, 3.8) is 0 Å². The number of hydrogen-bond acceptors (Lipinski definition) is 4. The second-order valence-electron chi connectivity index (χ2n) is 6.34. The van der Waals surface area contributed by atoms with E-state index >= 15 is 0 Å². The molecule has 2 rings (SSSR count). The molecule has 0 aromatic heterocycles. The predicted molar refractivity (Wildman–Crippen MR) is 103 cm³/mol. The molecular weight excluding hydrogens is 346 g/mol. The van der Waals surface area contributed by atoms with E-state index in [-0.39, 0.29) is 30.1 Å². The van der Waals surface area contributed by atoms with Gasteiger partial charge in [-0.25, -0.2) is 4.79 Å². The Bertz CT molecular complexity index is 856. The quantitative estimate of drug-likeness (QED) is 0.686. The van der Waals surface area contributed by atoms with Crippen molar-refractivity contribution in [1.29, 1.82) is 0 Å². The zero-order valence-electron chi connectivity index (χ0n) is 15.7. The Labute approximate surface area is 158 Å². The first-order chi connectivity index (χ1) is 12.8. The van der Waals surface area contributed by atoms with Crippen LogP contribution in [0.25, 0.3) is 0 Å². The van der Waals surface area contributed by atoms with Crippen LogP contribution in [-0.4, -0.2) is 29.9 Å². The summed E-state index contributed by atoms with van der Waals surface area (Å²) in [4.78, 5) is 35.5. The minimum absolute atomic E-state index is 0.0369. The van der Waals surface area contributed by atoms with Crippen LogP contribution < -0.4 is 10.1 Å². The minimum atomic E-state index is -1.03. The number of carbonyl (C=O) groups excluding carboxylic acids is 2. The van der Waals surface area contributed by atoms with Crippen molar-refractivity contribution in [2.75, 3.05) is 12.4 Å². The highest BCUT2D eigenvalue weighted by molar-refractivity contribution is 5.97. The standard InChI is InChI=1S/C21H23NO5/c1-13-11-14(2)18(12-17(13)21(25)26)22-20(24)6-4-5-19(23)15-7-9-16(27-3)10-8-15/h7-12H,4-6H2,1-3H3,(H,22,24)(H,25,26). The molecule has 2 N–H and O–H groups in total. The number of hydrogen-bond donors (Lipinski definition) is 2. The zero-order chi connectivity index (χ0) is 20.0. The molecule has 0 heterocycles. The number of carboxylic acid groups (broad SMARTS) is 1. The summed E-state index contributed by atoms with van der Waals surface area (Å²) in [6.07, 6.45) is 0.845. The zero-order valence-corrected chi connectivity index (χ0v) is 15.7. The van der Waals surface area contributed by atoms with Gasteiger partial charge in [0.25, 0.3) is 0 Å². The number of aryl methyl sites for hydroxylation is 2. The van der Waals surface area contributed by atoms with E-state index in [1.807, 2.05) is 0 Å². The van der Waals surface area contributed by atoms with Gasteiger partial charge < -0.3 is 15.2 Å². The lowest BCUT2D eigenvalue weighted by molar-refractivity contribution is -0.116. The number of amides is 1. The van der Waals surface area contributed by atoms with Gasteiger partial charge in [-0.3, -0.25) is 9.59 Å². The molecule has 0 spiro atoms. The Balaban J connectivity index is 1.90. The van der Waals surface area contributed by atoms with E-state index in [0.717, 1.165) is 5.56 Å². The smallest absolute Gasteiger partial charge is 0.336 e. The first-order valence-electron chi connectivity index (χ1n) is 8.63. The summed E-state index contributed by atoms with van der Waals surface area (Å²) in [5.41, 5.74) is 2.65. The van der Waals surface area contributed by atoms with E-state index in [0.29, 0.717) is 29.0 Å². The highest BCUT2D eigenvalue weighted by Gasteiger charge is 2.13. The molecule has 0 fully saturated rings. The fraction of sp³-hybridized carbons (Fsp3) is 0.286. The molecule has 27 heavy (non-hydrogen) atoms. The molecule has 1 amide bonds. The molecule has 0 aliphatic heterocycles. The molecule has 6 heteroatoms. The van der Waals surface area contributed by atoms with Gasteiger partial charge in [-0.05, 0) is 61.7 Å². The normalized spacial score (nSPS) is 10.3. The first kappa shape index (κ1) is 20.2. The van der Waals surface area contributed by atoms with Crippen molar-refractivity contribution >= 4 is 23.3 Å². The molecule has 0 atom stereocenters.